The number of piperidine rings is 1. The van der Waals surface area contributed by atoms with Crippen LogP contribution in [0.2, 0.25) is 5.02 Å². The summed E-state index contributed by atoms with van der Waals surface area (Å²) in [7, 11) is 0. The van der Waals surface area contributed by atoms with Gasteiger partial charge in [0.2, 0.25) is 0 Å². The normalized spacial score (nSPS) is 20.0. The van der Waals surface area contributed by atoms with Gasteiger partial charge >= 0.3 is 0 Å². The summed E-state index contributed by atoms with van der Waals surface area (Å²) >= 11 is 5.92. The molecule has 2 aliphatic rings. The fourth-order valence-corrected chi connectivity index (χ4v) is 3.30. The molecule has 0 unspecified atom stereocenters. The van der Waals surface area contributed by atoms with Crippen LogP contribution in [0.15, 0.2) is 18.2 Å². The summed E-state index contributed by atoms with van der Waals surface area (Å²) in [6, 6.07) is 5.39. The summed E-state index contributed by atoms with van der Waals surface area (Å²) in [6.07, 6.45) is 1.74. The zero-order valence-corrected chi connectivity index (χ0v) is 14.1. The van der Waals surface area contributed by atoms with Crippen LogP contribution in [0.1, 0.15) is 18.4 Å². The average Bonchev–Trinajstić information content (AvgIpc) is 3.08. The third-order valence-electron chi connectivity index (χ3n) is 4.41. The van der Waals surface area contributed by atoms with Crippen LogP contribution >= 0.6 is 11.6 Å². The van der Waals surface area contributed by atoms with Gasteiger partial charge in [0.05, 0.1) is 13.2 Å². The smallest absolute Gasteiger partial charge is 0.260 e. The highest BCUT2D eigenvalue weighted by atomic mass is 35.5. The Morgan fingerprint density at radius 3 is 2.65 bits per heavy atom. The molecule has 23 heavy (non-hydrogen) atoms. The van der Waals surface area contributed by atoms with Gasteiger partial charge in [0, 0.05) is 24.0 Å². The molecule has 0 spiro atoms. The van der Waals surface area contributed by atoms with Crippen molar-refractivity contribution in [2.45, 2.75) is 26.1 Å². The molecule has 1 aromatic rings. The summed E-state index contributed by atoms with van der Waals surface area (Å²) in [6.45, 7) is 4.80. The van der Waals surface area contributed by atoms with Gasteiger partial charge in [-0.15, -0.1) is 0 Å². The fraction of sp³-hybridized carbons (Fsp3) is 0.588. The van der Waals surface area contributed by atoms with E-state index in [0.29, 0.717) is 29.9 Å². The largest absolute Gasteiger partial charge is 0.483 e. The molecule has 5 nitrogen and oxygen atoms in total. The van der Waals surface area contributed by atoms with Crippen LogP contribution in [0.25, 0.3) is 0 Å². The highest BCUT2D eigenvalue weighted by Crippen LogP contribution is 2.26. The number of nitrogens with zero attached hydrogens (tertiary/aromatic N) is 1. The molecule has 1 aromatic carbocycles. The second kappa shape index (κ2) is 7.51. The minimum atomic E-state index is -0.0831. The van der Waals surface area contributed by atoms with Crippen LogP contribution in [-0.2, 0) is 14.3 Å². The van der Waals surface area contributed by atoms with Crippen LogP contribution in [0.4, 0.5) is 0 Å². The van der Waals surface area contributed by atoms with Crippen molar-refractivity contribution in [1.29, 1.82) is 0 Å². The molecule has 2 heterocycles. The Morgan fingerprint density at radius 2 is 2.00 bits per heavy atom. The Hall–Kier alpha value is -1.30. The van der Waals surface area contributed by atoms with E-state index in [-0.39, 0.29) is 18.8 Å². The number of amides is 1. The molecule has 1 amide bonds. The maximum absolute atomic E-state index is 12.3. The minimum absolute atomic E-state index is 0.0195. The standard InChI is InChI=1S/C17H22ClNO4/c1-12-10-14(18)2-3-15(12)23-11-16(20)19-6-4-13(5-7-19)17-21-8-9-22-17/h2-3,10,13,17H,4-9,11H2,1H3. The molecular formula is C17H22ClNO4. The van der Waals surface area contributed by atoms with Crippen LogP contribution in [0, 0.1) is 12.8 Å². The third-order valence-corrected chi connectivity index (χ3v) is 4.65. The molecule has 0 radical (unpaired) electrons. The average molecular weight is 340 g/mol. The van der Waals surface area contributed by atoms with E-state index in [0.717, 1.165) is 31.5 Å². The minimum Gasteiger partial charge on any atom is -0.483 e. The Labute approximate surface area is 141 Å². The number of hydrogen-bond donors (Lipinski definition) is 0. The number of likely N-dealkylation sites (tertiary alicyclic amines) is 1. The third kappa shape index (κ3) is 4.16. The van der Waals surface area contributed by atoms with Crippen molar-refractivity contribution >= 4 is 17.5 Å². The number of aryl methyl sites for hydroxylation is 1. The highest BCUT2D eigenvalue weighted by Gasteiger charge is 2.31. The van der Waals surface area contributed by atoms with E-state index < -0.39 is 0 Å². The highest BCUT2D eigenvalue weighted by molar-refractivity contribution is 6.30. The van der Waals surface area contributed by atoms with Crippen molar-refractivity contribution in [3.8, 4) is 5.75 Å². The summed E-state index contributed by atoms with van der Waals surface area (Å²) in [5, 5.41) is 0.666. The van der Waals surface area contributed by atoms with E-state index in [4.69, 9.17) is 25.8 Å². The van der Waals surface area contributed by atoms with E-state index in [1.165, 1.54) is 0 Å². The summed E-state index contributed by atoms with van der Waals surface area (Å²) < 4.78 is 16.7. The van der Waals surface area contributed by atoms with Crippen molar-refractivity contribution in [2.24, 2.45) is 5.92 Å². The van der Waals surface area contributed by atoms with Crippen LogP contribution in [0.3, 0.4) is 0 Å². The Morgan fingerprint density at radius 1 is 1.30 bits per heavy atom. The van der Waals surface area contributed by atoms with Crippen molar-refractivity contribution in [3.63, 3.8) is 0 Å². The molecule has 0 saturated carbocycles. The van der Waals surface area contributed by atoms with Gasteiger partial charge in [-0.3, -0.25) is 4.79 Å². The maximum atomic E-state index is 12.3. The lowest BCUT2D eigenvalue weighted by Gasteiger charge is -2.33. The second-order valence-corrected chi connectivity index (χ2v) is 6.46. The number of halogens is 1. The molecule has 0 bridgehead atoms. The zero-order valence-electron chi connectivity index (χ0n) is 13.3. The second-order valence-electron chi connectivity index (χ2n) is 6.03. The van der Waals surface area contributed by atoms with Crippen LogP contribution in [-0.4, -0.2) is 50.0 Å². The van der Waals surface area contributed by atoms with E-state index in [1.807, 2.05) is 17.9 Å². The maximum Gasteiger partial charge on any atom is 0.260 e. The molecule has 2 fully saturated rings. The van der Waals surface area contributed by atoms with Gasteiger partial charge in [-0.25, -0.2) is 0 Å². The Balaban J connectivity index is 1.46. The summed E-state index contributed by atoms with van der Waals surface area (Å²) in [5.41, 5.74) is 0.930. The van der Waals surface area contributed by atoms with Crippen molar-refractivity contribution in [2.75, 3.05) is 32.9 Å². The van der Waals surface area contributed by atoms with E-state index in [9.17, 15) is 4.79 Å². The van der Waals surface area contributed by atoms with Gasteiger partial charge in [0.1, 0.15) is 5.75 Å². The monoisotopic (exact) mass is 339 g/mol. The molecule has 6 heteroatoms. The van der Waals surface area contributed by atoms with Crippen molar-refractivity contribution in [3.05, 3.63) is 28.8 Å². The number of benzene rings is 1. The topological polar surface area (TPSA) is 48.0 Å². The molecule has 3 rings (SSSR count). The lowest BCUT2D eigenvalue weighted by atomic mass is 9.96. The summed E-state index contributed by atoms with van der Waals surface area (Å²) in [4.78, 5) is 14.1. The van der Waals surface area contributed by atoms with Crippen LogP contribution < -0.4 is 4.74 Å². The van der Waals surface area contributed by atoms with Gasteiger partial charge in [-0.05, 0) is 43.5 Å². The number of rotatable bonds is 4. The van der Waals surface area contributed by atoms with E-state index >= 15 is 0 Å². The zero-order chi connectivity index (χ0) is 16.2. The number of ether oxygens (including phenoxy) is 3. The lowest BCUT2D eigenvalue weighted by molar-refractivity contribution is -0.138. The first-order chi connectivity index (χ1) is 11.1. The molecular weight excluding hydrogens is 318 g/mol. The first kappa shape index (κ1) is 16.6. The van der Waals surface area contributed by atoms with E-state index in [1.54, 1.807) is 12.1 Å². The Kier molecular flexibility index (Phi) is 5.41. The molecule has 126 valence electrons. The number of carbonyl (C=O) groups excluding carboxylic acids is 1. The van der Waals surface area contributed by atoms with E-state index in [2.05, 4.69) is 0 Å². The molecule has 0 atom stereocenters. The quantitative estimate of drug-likeness (QED) is 0.846. The number of carbonyl (C=O) groups is 1. The predicted molar refractivity (Wildman–Crippen MR) is 86.7 cm³/mol. The van der Waals surface area contributed by atoms with Gasteiger partial charge < -0.3 is 19.1 Å². The van der Waals surface area contributed by atoms with Gasteiger partial charge in [-0.1, -0.05) is 11.6 Å². The first-order valence-corrected chi connectivity index (χ1v) is 8.41. The fourth-order valence-electron chi connectivity index (χ4n) is 3.08. The van der Waals surface area contributed by atoms with Gasteiger partial charge in [-0.2, -0.15) is 0 Å². The summed E-state index contributed by atoms with van der Waals surface area (Å²) in [5.74, 6) is 1.11. The molecule has 0 aliphatic carbocycles. The van der Waals surface area contributed by atoms with Crippen LogP contribution in [0.5, 0.6) is 5.75 Å². The van der Waals surface area contributed by atoms with Crippen molar-refractivity contribution in [1.82, 2.24) is 4.90 Å². The SMILES string of the molecule is Cc1cc(Cl)ccc1OCC(=O)N1CCC(C2OCCO2)CC1. The predicted octanol–water partition coefficient (Wildman–Crippen LogP) is 2.64. The van der Waals surface area contributed by atoms with Crippen molar-refractivity contribution < 1.29 is 19.0 Å². The number of hydrogen-bond acceptors (Lipinski definition) is 4. The van der Waals surface area contributed by atoms with Gasteiger partial charge in [0.25, 0.3) is 5.91 Å². The Bertz CT molecular complexity index is 552. The molecule has 0 N–H and O–H groups in total. The molecule has 0 aromatic heterocycles. The first-order valence-electron chi connectivity index (χ1n) is 8.03. The molecule has 2 saturated heterocycles. The van der Waals surface area contributed by atoms with Gasteiger partial charge in [0.15, 0.2) is 12.9 Å². The molecule has 2 aliphatic heterocycles. The lowest BCUT2D eigenvalue weighted by Crippen LogP contribution is -2.43.